The molecule has 0 fully saturated rings. The van der Waals surface area contributed by atoms with Gasteiger partial charge in [0, 0.05) is 5.38 Å². The van der Waals surface area contributed by atoms with E-state index in [0.29, 0.717) is 0 Å². The molecule has 0 bridgehead atoms. The molecule has 17 heavy (non-hydrogen) atoms. The van der Waals surface area contributed by atoms with E-state index >= 15 is 0 Å². The maximum atomic E-state index is 4.19. The molecule has 4 heteroatoms. The van der Waals surface area contributed by atoms with Crippen LogP contribution in [0.2, 0.25) is 0 Å². The maximum absolute atomic E-state index is 4.19. The third kappa shape index (κ3) is 2.53. The van der Waals surface area contributed by atoms with Gasteiger partial charge in [0.25, 0.3) is 0 Å². The highest BCUT2D eigenvalue weighted by atomic mass is 32.1. The molecule has 1 heterocycles. The summed E-state index contributed by atoms with van der Waals surface area (Å²) in [5.41, 5.74) is 4.94. The van der Waals surface area contributed by atoms with Gasteiger partial charge in [-0.1, -0.05) is 29.6 Å². The van der Waals surface area contributed by atoms with Crippen LogP contribution in [0.3, 0.4) is 0 Å². The summed E-state index contributed by atoms with van der Waals surface area (Å²) in [6.07, 6.45) is 0. The first kappa shape index (κ1) is 12.2. The summed E-state index contributed by atoms with van der Waals surface area (Å²) in [6, 6.07) is 6.55. The molecule has 90 valence electrons. The molecule has 1 aromatic heterocycles. The minimum Gasteiger partial charge on any atom is -0.305 e. The van der Waals surface area contributed by atoms with Crippen LogP contribution in [0.15, 0.2) is 23.6 Å². The fourth-order valence-corrected chi connectivity index (χ4v) is 2.44. The third-order valence-corrected chi connectivity index (χ3v) is 3.56. The van der Waals surface area contributed by atoms with Crippen LogP contribution in [0.4, 0.5) is 0 Å². The smallest absolute Gasteiger partial charge is 0.0970 e. The van der Waals surface area contributed by atoms with E-state index in [1.807, 2.05) is 5.38 Å². The van der Waals surface area contributed by atoms with Crippen LogP contribution in [0.5, 0.6) is 0 Å². The zero-order valence-corrected chi connectivity index (χ0v) is 11.2. The number of benzene rings is 1. The molecule has 1 unspecified atom stereocenters. The van der Waals surface area contributed by atoms with Crippen LogP contribution in [0.25, 0.3) is 0 Å². The molecule has 1 aromatic carbocycles. The van der Waals surface area contributed by atoms with Crippen LogP contribution in [0.1, 0.15) is 35.3 Å². The van der Waals surface area contributed by atoms with Gasteiger partial charge in [-0.05, 0) is 48.6 Å². The quantitative estimate of drug-likeness (QED) is 0.902. The van der Waals surface area contributed by atoms with Gasteiger partial charge in [0.2, 0.25) is 0 Å². The van der Waals surface area contributed by atoms with Crippen molar-refractivity contribution in [3.05, 3.63) is 46.0 Å². The Hall–Kier alpha value is -1.26. The molecule has 0 saturated carbocycles. The Balaban J connectivity index is 2.43. The normalized spacial score (nSPS) is 12.6. The second-order valence-corrected chi connectivity index (χ2v) is 4.72. The van der Waals surface area contributed by atoms with Gasteiger partial charge in [0.05, 0.1) is 11.7 Å². The van der Waals surface area contributed by atoms with Crippen molar-refractivity contribution in [2.75, 3.05) is 6.54 Å². The molecular weight excluding hydrogens is 230 g/mol. The highest BCUT2D eigenvalue weighted by molar-refractivity contribution is 7.03. The third-order valence-electron chi connectivity index (χ3n) is 3.04. The van der Waals surface area contributed by atoms with Crippen molar-refractivity contribution < 1.29 is 0 Å². The van der Waals surface area contributed by atoms with Crippen molar-refractivity contribution in [2.24, 2.45) is 0 Å². The Kier molecular flexibility index (Phi) is 3.86. The molecule has 0 amide bonds. The predicted molar refractivity (Wildman–Crippen MR) is 71.3 cm³/mol. The molecular formula is C13H17N3S. The number of rotatable bonds is 4. The molecule has 0 saturated heterocycles. The predicted octanol–water partition coefficient (Wildman–Crippen LogP) is 2.85. The Morgan fingerprint density at radius 1 is 1.35 bits per heavy atom. The Bertz CT molecular complexity index is 479. The first-order valence-electron chi connectivity index (χ1n) is 5.80. The van der Waals surface area contributed by atoms with E-state index in [1.54, 1.807) is 0 Å². The van der Waals surface area contributed by atoms with Crippen LogP contribution >= 0.6 is 11.5 Å². The fraction of sp³-hybridized carbons (Fsp3) is 0.385. The standard InChI is InChI=1S/C13H17N3S/c1-4-14-13(12-8-17-16-15-12)11-7-5-6-9(2)10(11)3/h5-8,13-14H,4H2,1-3H3. The minimum atomic E-state index is 0.152. The van der Waals surface area contributed by atoms with E-state index in [-0.39, 0.29) is 6.04 Å². The highest BCUT2D eigenvalue weighted by Gasteiger charge is 2.17. The van der Waals surface area contributed by atoms with Gasteiger partial charge in [0.15, 0.2) is 0 Å². The largest absolute Gasteiger partial charge is 0.305 e. The number of nitrogens with zero attached hydrogens (tertiary/aromatic N) is 2. The number of hydrogen-bond acceptors (Lipinski definition) is 4. The Morgan fingerprint density at radius 2 is 2.18 bits per heavy atom. The lowest BCUT2D eigenvalue weighted by Crippen LogP contribution is -2.23. The number of aromatic nitrogens is 2. The van der Waals surface area contributed by atoms with Crippen LogP contribution < -0.4 is 5.32 Å². The van der Waals surface area contributed by atoms with Gasteiger partial charge >= 0.3 is 0 Å². The van der Waals surface area contributed by atoms with E-state index in [1.165, 1.54) is 28.2 Å². The van der Waals surface area contributed by atoms with Gasteiger partial charge in [-0.2, -0.15) is 0 Å². The zero-order valence-electron chi connectivity index (χ0n) is 10.4. The maximum Gasteiger partial charge on any atom is 0.0970 e. The van der Waals surface area contributed by atoms with E-state index in [2.05, 4.69) is 53.9 Å². The highest BCUT2D eigenvalue weighted by Crippen LogP contribution is 2.25. The van der Waals surface area contributed by atoms with Crippen molar-refractivity contribution in [1.82, 2.24) is 14.9 Å². The van der Waals surface area contributed by atoms with Crippen molar-refractivity contribution >= 4 is 11.5 Å². The van der Waals surface area contributed by atoms with Crippen molar-refractivity contribution in [3.63, 3.8) is 0 Å². The van der Waals surface area contributed by atoms with Crippen molar-refractivity contribution in [3.8, 4) is 0 Å². The van der Waals surface area contributed by atoms with Crippen molar-refractivity contribution in [1.29, 1.82) is 0 Å². The first-order valence-corrected chi connectivity index (χ1v) is 6.64. The van der Waals surface area contributed by atoms with Crippen molar-refractivity contribution in [2.45, 2.75) is 26.8 Å². The second-order valence-electron chi connectivity index (χ2n) is 4.11. The van der Waals surface area contributed by atoms with Gasteiger partial charge < -0.3 is 5.32 Å². The second kappa shape index (κ2) is 5.38. The summed E-state index contributed by atoms with van der Waals surface area (Å²) in [5, 5.41) is 9.67. The van der Waals surface area contributed by atoms with Gasteiger partial charge in [-0.15, -0.1) is 5.10 Å². The molecule has 0 radical (unpaired) electrons. The van der Waals surface area contributed by atoms with Gasteiger partial charge in [-0.25, -0.2) is 0 Å². The minimum absolute atomic E-state index is 0.152. The van der Waals surface area contributed by atoms with E-state index in [0.717, 1.165) is 12.2 Å². The van der Waals surface area contributed by atoms with Gasteiger partial charge in [0.1, 0.15) is 0 Å². The molecule has 3 nitrogen and oxygen atoms in total. The number of aryl methyl sites for hydroxylation is 1. The molecule has 2 aromatic rings. The molecule has 2 rings (SSSR count). The lowest BCUT2D eigenvalue weighted by molar-refractivity contribution is 0.610. The molecule has 0 aliphatic carbocycles. The average molecular weight is 247 g/mol. The van der Waals surface area contributed by atoms with E-state index in [4.69, 9.17) is 0 Å². The summed E-state index contributed by atoms with van der Waals surface area (Å²) in [4.78, 5) is 0. The van der Waals surface area contributed by atoms with E-state index in [9.17, 15) is 0 Å². The number of nitrogens with one attached hydrogen (secondary N) is 1. The Morgan fingerprint density at radius 3 is 2.82 bits per heavy atom. The molecule has 0 aliphatic heterocycles. The van der Waals surface area contributed by atoms with Crippen LogP contribution in [-0.2, 0) is 0 Å². The SMILES string of the molecule is CCNC(c1csnn1)c1cccc(C)c1C. The lowest BCUT2D eigenvalue weighted by atomic mass is 9.96. The average Bonchev–Trinajstić information content (AvgIpc) is 2.84. The number of hydrogen-bond donors (Lipinski definition) is 1. The van der Waals surface area contributed by atoms with Crippen LogP contribution in [-0.4, -0.2) is 16.1 Å². The molecule has 1 N–H and O–H groups in total. The Labute approximate surface area is 106 Å². The van der Waals surface area contributed by atoms with Crippen LogP contribution in [0, 0.1) is 13.8 Å². The molecule has 1 atom stereocenters. The zero-order chi connectivity index (χ0) is 12.3. The van der Waals surface area contributed by atoms with Gasteiger partial charge in [-0.3, -0.25) is 0 Å². The summed E-state index contributed by atoms with van der Waals surface area (Å²) in [5.74, 6) is 0. The monoisotopic (exact) mass is 247 g/mol. The molecule has 0 spiro atoms. The summed E-state index contributed by atoms with van der Waals surface area (Å²) in [7, 11) is 0. The summed E-state index contributed by atoms with van der Waals surface area (Å²) in [6.45, 7) is 7.32. The topological polar surface area (TPSA) is 37.8 Å². The fourth-order valence-electron chi connectivity index (χ4n) is 1.96. The summed E-state index contributed by atoms with van der Waals surface area (Å²) >= 11 is 1.40. The summed E-state index contributed by atoms with van der Waals surface area (Å²) < 4.78 is 3.95. The first-order chi connectivity index (χ1) is 8.24. The molecule has 0 aliphatic rings. The van der Waals surface area contributed by atoms with E-state index < -0.39 is 0 Å². The lowest BCUT2D eigenvalue weighted by Gasteiger charge is -2.19.